The second kappa shape index (κ2) is 6.75. The Morgan fingerprint density at radius 2 is 1.88 bits per heavy atom. The third kappa shape index (κ3) is 3.04. The van der Waals surface area contributed by atoms with Gasteiger partial charge < -0.3 is 9.80 Å². The van der Waals surface area contributed by atoms with Crippen molar-refractivity contribution in [2.45, 2.75) is 9.96 Å². The lowest BCUT2D eigenvalue weighted by molar-refractivity contribution is -0.127. The molecule has 24 heavy (non-hydrogen) atoms. The molecule has 0 unspecified atom stereocenters. The molecule has 0 atom stereocenters. The molecule has 0 saturated carbocycles. The van der Waals surface area contributed by atoms with Crippen molar-refractivity contribution in [2.75, 3.05) is 33.2 Å². The van der Waals surface area contributed by atoms with Gasteiger partial charge in [-0.3, -0.25) is 4.79 Å². The summed E-state index contributed by atoms with van der Waals surface area (Å²) in [7, 11) is 2.11. The minimum absolute atomic E-state index is 0.136. The summed E-state index contributed by atoms with van der Waals surface area (Å²) < 4.78 is 1.31. The monoisotopic (exact) mass is 356 g/mol. The molecule has 1 fully saturated rings. The van der Waals surface area contributed by atoms with E-state index in [2.05, 4.69) is 47.7 Å². The fourth-order valence-corrected chi connectivity index (χ4v) is 5.32. The van der Waals surface area contributed by atoms with Crippen LogP contribution in [0.1, 0.15) is 16.7 Å². The maximum absolute atomic E-state index is 12.9. The van der Waals surface area contributed by atoms with Crippen LogP contribution in [-0.4, -0.2) is 48.9 Å². The summed E-state index contributed by atoms with van der Waals surface area (Å²) in [5, 5.41) is 2.12. The maximum Gasteiger partial charge on any atom is 0.247 e. The van der Waals surface area contributed by atoms with Crippen LogP contribution in [-0.2, 0) is 10.5 Å². The highest BCUT2D eigenvalue weighted by Crippen LogP contribution is 2.42. The molecule has 0 bridgehead atoms. The number of rotatable bonds is 1. The lowest BCUT2D eigenvalue weighted by atomic mass is 9.95. The van der Waals surface area contributed by atoms with Crippen molar-refractivity contribution < 1.29 is 4.79 Å². The molecule has 2 aliphatic rings. The summed E-state index contributed by atoms with van der Waals surface area (Å²) in [6.07, 6.45) is 1.86. The summed E-state index contributed by atoms with van der Waals surface area (Å²) in [5.74, 6) is 1.10. The van der Waals surface area contributed by atoms with Crippen molar-refractivity contribution in [3.8, 4) is 0 Å². The summed E-state index contributed by atoms with van der Waals surface area (Å²) in [5.41, 5.74) is 4.79. The van der Waals surface area contributed by atoms with Gasteiger partial charge in [-0.25, -0.2) is 0 Å². The molecule has 2 aromatic rings. The number of amides is 1. The molecule has 3 nitrogen and oxygen atoms in total. The Bertz CT molecular complexity index is 788. The zero-order valence-corrected chi connectivity index (χ0v) is 15.3. The number of nitrogens with zero attached hydrogens (tertiary/aromatic N) is 2. The van der Waals surface area contributed by atoms with Crippen LogP contribution in [0.15, 0.2) is 46.0 Å². The predicted molar refractivity (Wildman–Crippen MR) is 101 cm³/mol. The fourth-order valence-electron chi connectivity index (χ4n) is 3.20. The number of benzene rings is 1. The van der Waals surface area contributed by atoms with Crippen LogP contribution < -0.4 is 0 Å². The predicted octanol–water partition coefficient (Wildman–Crippen LogP) is 3.56. The molecule has 3 heterocycles. The Morgan fingerprint density at radius 3 is 2.71 bits per heavy atom. The van der Waals surface area contributed by atoms with Crippen LogP contribution in [0.5, 0.6) is 0 Å². The summed E-state index contributed by atoms with van der Waals surface area (Å²) in [6, 6.07) is 10.6. The van der Waals surface area contributed by atoms with Gasteiger partial charge in [0.2, 0.25) is 5.91 Å². The number of likely N-dealkylation sites (N-methyl/N-ethyl adjacent to an activating group) is 1. The molecule has 5 heteroatoms. The van der Waals surface area contributed by atoms with E-state index in [9.17, 15) is 4.79 Å². The molecule has 124 valence electrons. The first-order chi connectivity index (χ1) is 11.7. The first kappa shape index (κ1) is 15.9. The Kier molecular flexibility index (Phi) is 4.48. The van der Waals surface area contributed by atoms with E-state index in [0.29, 0.717) is 0 Å². The van der Waals surface area contributed by atoms with E-state index in [0.717, 1.165) is 37.5 Å². The van der Waals surface area contributed by atoms with Crippen molar-refractivity contribution in [3.05, 3.63) is 58.5 Å². The second-order valence-electron chi connectivity index (χ2n) is 6.25. The van der Waals surface area contributed by atoms with E-state index in [4.69, 9.17) is 0 Å². The number of carbonyl (C=O) groups excluding carboxylic acids is 1. The number of carbonyl (C=O) groups is 1. The molecular formula is C19H20N2OS2. The molecule has 2 aliphatic heterocycles. The minimum atomic E-state index is 0.136. The zero-order valence-electron chi connectivity index (χ0n) is 13.7. The molecule has 0 spiro atoms. The third-order valence-electron chi connectivity index (χ3n) is 4.67. The smallest absolute Gasteiger partial charge is 0.247 e. The quantitative estimate of drug-likeness (QED) is 0.730. The minimum Gasteiger partial charge on any atom is -0.337 e. The van der Waals surface area contributed by atoms with Gasteiger partial charge in [-0.05, 0) is 35.2 Å². The molecule has 0 aliphatic carbocycles. The normalized spacial score (nSPS) is 19.7. The van der Waals surface area contributed by atoms with Gasteiger partial charge in [-0.15, -0.1) is 23.1 Å². The van der Waals surface area contributed by atoms with Gasteiger partial charge in [0.05, 0.1) is 4.21 Å². The van der Waals surface area contributed by atoms with Crippen LogP contribution >= 0.6 is 23.1 Å². The van der Waals surface area contributed by atoms with Crippen LogP contribution in [0.4, 0.5) is 0 Å². The summed E-state index contributed by atoms with van der Waals surface area (Å²) >= 11 is 3.64. The summed E-state index contributed by atoms with van der Waals surface area (Å²) in [4.78, 5) is 17.1. The average molecular weight is 357 g/mol. The van der Waals surface area contributed by atoms with Gasteiger partial charge in [0.15, 0.2) is 0 Å². The number of thiophene rings is 1. The van der Waals surface area contributed by atoms with E-state index in [1.807, 2.05) is 22.7 Å². The molecule has 0 N–H and O–H groups in total. The van der Waals surface area contributed by atoms with Gasteiger partial charge >= 0.3 is 0 Å². The highest BCUT2D eigenvalue weighted by atomic mass is 32.2. The number of hydrogen-bond donors (Lipinski definition) is 0. The van der Waals surface area contributed by atoms with E-state index in [1.54, 1.807) is 11.3 Å². The van der Waals surface area contributed by atoms with Crippen molar-refractivity contribution >= 4 is 34.6 Å². The topological polar surface area (TPSA) is 23.6 Å². The maximum atomic E-state index is 12.9. The van der Waals surface area contributed by atoms with E-state index < -0.39 is 0 Å². The van der Waals surface area contributed by atoms with Crippen LogP contribution in [0, 0.1) is 0 Å². The van der Waals surface area contributed by atoms with Crippen LogP contribution in [0.2, 0.25) is 0 Å². The van der Waals surface area contributed by atoms with Gasteiger partial charge in [-0.2, -0.15) is 0 Å². The SMILES string of the molecule is CN1CCN(C(=O)/C=C2/c3ccccc3CSc3sccc32)CC1. The Labute approximate surface area is 151 Å². The van der Waals surface area contributed by atoms with E-state index in [-0.39, 0.29) is 5.91 Å². The van der Waals surface area contributed by atoms with Gasteiger partial charge in [0, 0.05) is 43.6 Å². The number of thioether (sulfide) groups is 1. The summed E-state index contributed by atoms with van der Waals surface area (Å²) in [6.45, 7) is 3.52. The molecule has 1 aromatic carbocycles. The highest BCUT2D eigenvalue weighted by Gasteiger charge is 2.23. The molecule has 1 amide bonds. The molecule has 1 saturated heterocycles. The first-order valence-electron chi connectivity index (χ1n) is 8.20. The lowest BCUT2D eigenvalue weighted by Gasteiger charge is -2.31. The lowest BCUT2D eigenvalue weighted by Crippen LogP contribution is -2.46. The first-order valence-corrected chi connectivity index (χ1v) is 10.1. The zero-order chi connectivity index (χ0) is 16.5. The van der Waals surface area contributed by atoms with Gasteiger partial charge in [0.1, 0.15) is 0 Å². The van der Waals surface area contributed by atoms with Crippen molar-refractivity contribution in [1.29, 1.82) is 0 Å². The third-order valence-corrected chi connectivity index (χ3v) is 6.95. The number of hydrogen-bond acceptors (Lipinski definition) is 4. The standard InChI is InChI=1S/C19H20N2OS2/c1-20-7-9-21(10-8-20)18(22)12-17-15-5-3-2-4-14(15)13-24-19-16(17)6-11-23-19/h2-6,11-12H,7-10,13H2,1H3/b17-12-. The largest absolute Gasteiger partial charge is 0.337 e. The molecular weight excluding hydrogens is 336 g/mol. The van der Waals surface area contributed by atoms with E-state index >= 15 is 0 Å². The molecule has 4 rings (SSSR count). The van der Waals surface area contributed by atoms with Crippen molar-refractivity contribution in [3.63, 3.8) is 0 Å². The number of fused-ring (bicyclic) bond motifs is 2. The van der Waals surface area contributed by atoms with E-state index in [1.165, 1.54) is 20.9 Å². The van der Waals surface area contributed by atoms with Gasteiger partial charge in [0.25, 0.3) is 0 Å². The second-order valence-corrected chi connectivity index (χ2v) is 8.41. The fraction of sp³-hybridized carbons (Fsp3) is 0.316. The Balaban J connectivity index is 1.73. The highest BCUT2D eigenvalue weighted by molar-refractivity contribution is 8.00. The molecule has 1 aromatic heterocycles. The molecule has 0 radical (unpaired) electrons. The Hall–Kier alpha value is -1.56. The average Bonchev–Trinajstić information content (AvgIpc) is 3.02. The Morgan fingerprint density at radius 1 is 1.08 bits per heavy atom. The van der Waals surface area contributed by atoms with Crippen LogP contribution in [0.25, 0.3) is 5.57 Å². The van der Waals surface area contributed by atoms with Crippen LogP contribution in [0.3, 0.4) is 0 Å². The van der Waals surface area contributed by atoms with Crippen molar-refractivity contribution in [2.24, 2.45) is 0 Å². The van der Waals surface area contributed by atoms with Crippen molar-refractivity contribution in [1.82, 2.24) is 9.80 Å². The van der Waals surface area contributed by atoms with Gasteiger partial charge in [-0.1, -0.05) is 24.3 Å². The number of piperazine rings is 1.